The van der Waals surface area contributed by atoms with Crippen LogP contribution in [0.2, 0.25) is 0 Å². The molecule has 0 aromatic carbocycles. The second-order valence-corrected chi connectivity index (χ2v) is 2.78. The zero-order chi connectivity index (χ0) is 10.4. The van der Waals surface area contributed by atoms with E-state index in [-0.39, 0.29) is 5.69 Å². The van der Waals surface area contributed by atoms with Gasteiger partial charge in [0.1, 0.15) is 6.20 Å². The highest BCUT2D eigenvalue weighted by atomic mass is 16.6. The Hall–Kier alpha value is -1.96. The number of pyridine rings is 1. The number of hydrogen-bond acceptors (Lipinski definition) is 4. The summed E-state index contributed by atoms with van der Waals surface area (Å²) in [5, 5.41) is 18.6. The Balaban J connectivity index is 2.56. The molecule has 0 bridgehead atoms. The van der Waals surface area contributed by atoms with Crippen molar-refractivity contribution in [3.8, 4) is 6.07 Å². The van der Waals surface area contributed by atoms with Gasteiger partial charge in [0.05, 0.1) is 11.0 Å². The topological polar surface area (TPSA) is 79.8 Å². The zero-order valence-corrected chi connectivity index (χ0v) is 7.51. The van der Waals surface area contributed by atoms with E-state index in [0.717, 1.165) is 12.1 Å². The normalized spacial score (nSPS) is 9.36. The van der Waals surface area contributed by atoms with Crippen LogP contribution in [0.1, 0.15) is 18.5 Å². The van der Waals surface area contributed by atoms with Gasteiger partial charge in [-0.05, 0) is 18.9 Å². The Morgan fingerprint density at radius 2 is 2.36 bits per heavy atom. The maximum absolute atomic E-state index is 10.3. The molecule has 72 valence electrons. The summed E-state index contributed by atoms with van der Waals surface area (Å²) >= 11 is 0. The van der Waals surface area contributed by atoms with Gasteiger partial charge in [-0.2, -0.15) is 5.26 Å². The third-order valence-corrected chi connectivity index (χ3v) is 1.74. The molecule has 0 saturated carbocycles. The summed E-state index contributed by atoms with van der Waals surface area (Å²) in [6.07, 6.45) is 3.15. The summed E-state index contributed by atoms with van der Waals surface area (Å²) in [7, 11) is 0. The number of nitrogens with zero attached hydrogens (tertiary/aromatic N) is 3. The molecule has 0 fully saturated rings. The van der Waals surface area contributed by atoms with Crippen molar-refractivity contribution in [3.63, 3.8) is 0 Å². The molecule has 1 aromatic rings. The van der Waals surface area contributed by atoms with E-state index in [9.17, 15) is 10.1 Å². The number of aryl methyl sites for hydroxylation is 1. The second-order valence-electron chi connectivity index (χ2n) is 2.78. The molecule has 0 N–H and O–H groups in total. The van der Waals surface area contributed by atoms with E-state index in [2.05, 4.69) is 4.98 Å². The molecular weight excluding hydrogens is 182 g/mol. The standard InChI is InChI=1S/C9H9N3O2/c10-6-2-1-3-8-4-5-9(7-11-8)12(13)14/h4-5,7H,1-3H2. The maximum atomic E-state index is 10.3. The van der Waals surface area contributed by atoms with Crippen molar-refractivity contribution in [1.29, 1.82) is 5.26 Å². The quantitative estimate of drug-likeness (QED) is 0.413. The molecule has 0 aliphatic heterocycles. The Morgan fingerprint density at radius 3 is 2.86 bits per heavy atom. The summed E-state index contributed by atoms with van der Waals surface area (Å²) in [6.45, 7) is 0. The van der Waals surface area contributed by atoms with E-state index in [4.69, 9.17) is 5.26 Å². The van der Waals surface area contributed by atoms with Gasteiger partial charge >= 0.3 is 0 Å². The predicted octanol–water partition coefficient (Wildman–Crippen LogP) is 1.84. The van der Waals surface area contributed by atoms with Gasteiger partial charge in [-0.25, -0.2) is 0 Å². The fourth-order valence-electron chi connectivity index (χ4n) is 1.02. The summed E-state index contributed by atoms with van der Waals surface area (Å²) in [4.78, 5) is 13.7. The number of hydrogen-bond donors (Lipinski definition) is 0. The fraction of sp³-hybridized carbons (Fsp3) is 0.333. The largest absolute Gasteiger partial charge is 0.287 e. The summed E-state index contributed by atoms with van der Waals surface area (Å²) in [5.74, 6) is 0. The van der Waals surface area contributed by atoms with Crippen molar-refractivity contribution >= 4 is 5.69 Å². The molecule has 0 radical (unpaired) electrons. The van der Waals surface area contributed by atoms with Crippen LogP contribution in [0.3, 0.4) is 0 Å². The van der Waals surface area contributed by atoms with Gasteiger partial charge in [0.25, 0.3) is 5.69 Å². The van der Waals surface area contributed by atoms with Crippen LogP contribution in [0.5, 0.6) is 0 Å². The number of rotatable bonds is 4. The molecule has 5 heteroatoms. The SMILES string of the molecule is N#CCCCc1ccc([N+](=O)[O-])cn1. The van der Waals surface area contributed by atoms with Crippen molar-refractivity contribution in [3.05, 3.63) is 34.1 Å². The van der Waals surface area contributed by atoms with Crippen LogP contribution in [0.25, 0.3) is 0 Å². The van der Waals surface area contributed by atoms with E-state index in [0.29, 0.717) is 12.8 Å². The van der Waals surface area contributed by atoms with E-state index in [1.54, 1.807) is 6.07 Å². The van der Waals surface area contributed by atoms with E-state index in [1.807, 2.05) is 6.07 Å². The third kappa shape index (κ3) is 2.83. The fourth-order valence-corrected chi connectivity index (χ4v) is 1.02. The molecule has 5 nitrogen and oxygen atoms in total. The molecule has 1 rings (SSSR count). The van der Waals surface area contributed by atoms with E-state index < -0.39 is 4.92 Å². The third-order valence-electron chi connectivity index (χ3n) is 1.74. The first-order chi connectivity index (χ1) is 6.74. The Morgan fingerprint density at radius 1 is 1.57 bits per heavy atom. The molecule has 14 heavy (non-hydrogen) atoms. The highest BCUT2D eigenvalue weighted by Crippen LogP contribution is 2.10. The zero-order valence-electron chi connectivity index (χ0n) is 7.51. The van der Waals surface area contributed by atoms with E-state index >= 15 is 0 Å². The van der Waals surface area contributed by atoms with Crippen molar-refractivity contribution < 1.29 is 4.92 Å². The van der Waals surface area contributed by atoms with Crippen LogP contribution >= 0.6 is 0 Å². The summed E-state index contributed by atoms with van der Waals surface area (Å²) < 4.78 is 0. The Kier molecular flexibility index (Phi) is 3.56. The van der Waals surface area contributed by atoms with Gasteiger partial charge < -0.3 is 0 Å². The molecule has 0 aliphatic rings. The van der Waals surface area contributed by atoms with Crippen molar-refractivity contribution in [1.82, 2.24) is 4.98 Å². The molecule has 0 atom stereocenters. The Labute approximate surface area is 81.2 Å². The van der Waals surface area contributed by atoms with Crippen LogP contribution < -0.4 is 0 Å². The first kappa shape index (κ1) is 10.1. The number of nitriles is 1. The molecule has 1 heterocycles. The maximum Gasteiger partial charge on any atom is 0.287 e. The lowest BCUT2D eigenvalue weighted by molar-refractivity contribution is -0.385. The Bertz CT molecular complexity index is 353. The van der Waals surface area contributed by atoms with Gasteiger partial charge in [0, 0.05) is 18.2 Å². The number of unbranched alkanes of at least 4 members (excludes halogenated alkanes) is 1. The minimum atomic E-state index is -0.480. The first-order valence-electron chi connectivity index (χ1n) is 4.20. The van der Waals surface area contributed by atoms with Gasteiger partial charge in [-0.3, -0.25) is 15.1 Å². The number of nitro groups is 1. The van der Waals surface area contributed by atoms with Crippen molar-refractivity contribution in [2.24, 2.45) is 0 Å². The summed E-state index contributed by atoms with van der Waals surface area (Å²) in [6, 6.07) is 5.08. The smallest absolute Gasteiger partial charge is 0.258 e. The van der Waals surface area contributed by atoms with Gasteiger partial charge in [0.15, 0.2) is 0 Å². The molecule has 0 amide bonds. The monoisotopic (exact) mass is 191 g/mol. The van der Waals surface area contributed by atoms with Crippen LogP contribution in [0.4, 0.5) is 5.69 Å². The van der Waals surface area contributed by atoms with Gasteiger partial charge in [0.2, 0.25) is 0 Å². The minimum Gasteiger partial charge on any atom is -0.258 e. The second kappa shape index (κ2) is 4.92. The van der Waals surface area contributed by atoms with Crippen LogP contribution in [-0.4, -0.2) is 9.91 Å². The molecular formula is C9H9N3O2. The lowest BCUT2D eigenvalue weighted by Crippen LogP contribution is -1.93. The van der Waals surface area contributed by atoms with Gasteiger partial charge in [-0.1, -0.05) is 0 Å². The molecule has 0 aliphatic carbocycles. The average Bonchev–Trinajstić information content (AvgIpc) is 2.19. The minimum absolute atomic E-state index is 0.00552. The number of aromatic nitrogens is 1. The lowest BCUT2D eigenvalue weighted by Gasteiger charge is -1.96. The van der Waals surface area contributed by atoms with Crippen LogP contribution in [0, 0.1) is 21.4 Å². The lowest BCUT2D eigenvalue weighted by atomic mass is 10.2. The van der Waals surface area contributed by atoms with Crippen molar-refractivity contribution in [2.45, 2.75) is 19.3 Å². The van der Waals surface area contributed by atoms with Crippen LogP contribution in [-0.2, 0) is 6.42 Å². The highest BCUT2D eigenvalue weighted by molar-refractivity contribution is 5.26. The highest BCUT2D eigenvalue weighted by Gasteiger charge is 2.04. The van der Waals surface area contributed by atoms with Crippen LogP contribution in [0.15, 0.2) is 18.3 Å². The summed E-state index contributed by atoms with van der Waals surface area (Å²) in [5.41, 5.74) is 0.778. The molecule has 0 spiro atoms. The molecule has 0 saturated heterocycles. The molecule has 0 unspecified atom stereocenters. The first-order valence-corrected chi connectivity index (χ1v) is 4.20. The van der Waals surface area contributed by atoms with Gasteiger partial charge in [-0.15, -0.1) is 0 Å². The van der Waals surface area contributed by atoms with E-state index in [1.165, 1.54) is 12.3 Å². The average molecular weight is 191 g/mol. The molecule has 1 aromatic heterocycles. The van der Waals surface area contributed by atoms with Crippen molar-refractivity contribution in [2.75, 3.05) is 0 Å². The predicted molar refractivity (Wildman–Crippen MR) is 49.4 cm³/mol.